The summed E-state index contributed by atoms with van der Waals surface area (Å²) in [7, 11) is 0. The molecule has 1 aliphatic heterocycles. The standard InChI is InChI=1S/C23H29N7/c1-2-29-12-14-30(15-13-29)21-9-7-20(8-10-21)27-23-26-17-19(4-3-11-24)22(28-23)25-16-18-5-6-18/h3-4,7-10,17-18H,2,5-6,12-16H2,1H3,(H2,25,26,27,28). The molecule has 7 nitrogen and oxygen atoms in total. The number of hydrogen-bond donors (Lipinski definition) is 2. The zero-order chi connectivity index (χ0) is 20.8. The average Bonchev–Trinajstić information content (AvgIpc) is 3.62. The van der Waals surface area contributed by atoms with Gasteiger partial charge in [0.2, 0.25) is 5.95 Å². The minimum atomic E-state index is 0.548. The highest BCUT2D eigenvalue weighted by atomic mass is 15.3. The number of hydrogen-bond acceptors (Lipinski definition) is 7. The number of benzene rings is 1. The molecule has 2 N–H and O–H groups in total. The van der Waals surface area contributed by atoms with Crippen molar-refractivity contribution in [2.45, 2.75) is 19.8 Å². The lowest BCUT2D eigenvalue weighted by molar-refractivity contribution is 0.271. The van der Waals surface area contributed by atoms with Crippen LogP contribution >= 0.6 is 0 Å². The second-order valence-corrected chi connectivity index (χ2v) is 7.88. The first kappa shape index (κ1) is 20.2. The number of aromatic nitrogens is 2. The van der Waals surface area contributed by atoms with E-state index in [1.54, 1.807) is 12.3 Å². The van der Waals surface area contributed by atoms with Gasteiger partial charge < -0.3 is 20.4 Å². The SMILES string of the molecule is CCN1CCN(c2ccc(Nc3ncc(C=CC#N)c(NCC4CC4)n3)cc2)CC1. The molecule has 0 bridgehead atoms. The van der Waals surface area contributed by atoms with Crippen molar-refractivity contribution < 1.29 is 0 Å². The number of nitriles is 1. The fourth-order valence-corrected chi connectivity index (χ4v) is 3.61. The maximum Gasteiger partial charge on any atom is 0.229 e. The predicted octanol–water partition coefficient (Wildman–Crippen LogP) is 3.72. The molecule has 0 atom stereocenters. The highest BCUT2D eigenvalue weighted by Gasteiger charge is 2.21. The van der Waals surface area contributed by atoms with Crippen LogP contribution in [0.3, 0.4) is 0 Å². The Morgan fingerprint density at radius 3 is 2.60 bits per heavy atom. The zero-order valence-corrected chi connectivity index (χ0v) is 17.5. The fourth-order valence-electron chi connectivity index (χ4n) is 3.61. The van der Waals surface area contributed by atoms with Crippen LogP contribution in [-0.2, 0) is 0 Å². The lowest BCUT2D eigenvalue weighted by atomic mass is 10.2. The Bertz CT molecular complexity index is 904. The first-order valence-corrected chi connectivity index (χ1v) is 10.8. The van der Waals surface area contributed by atoms with Crippen LogP contribution in [0.5, 0.6) is 0 Å². The summed E-state index contributed by atoms with van der Waals surface area (Å²) in [6.07, 6.45) is 7.48. The average molecular weight is 404 g/mol. The van der Waals surface area contributed by atoms with Crippen LogP contribution in [-0.4, -0.2) is 54.1 Å². The second-order valence-electron chi connectivity index (χ2n) is 7.88. The van der Waals surface area contributed by atoms with Crippen molar-refractivity contribution in [3.63, 3.8) is 0 Å². The van der Waals surface area contributed by atoms with Crippen molar-refractivity contribution in [2.75, 3.05) is 54.8 Å². The molecule has 4 rings (SSSR count). The maximum atomic E-state index is 8.82. The predicted molar refractivity (Wildman–Crippen MR) is 122 cm³/mol. The Morgan fingerprint density at radius 1 is 1.17 bits per heavy atom. The number of likely N-dealkylation sites (N-methyl/N-ethyl adjacent to an activating group) is 1. The van der Waals surface area contributed by atoms with Gasteiger partial charge in [0.05, 0.1) is 6.07 Å². The molecule has 2 fully saturated rings. The van der Waals surface area contributed by atoms with Crippen LogP contribution in [0.1, 0.15) is 25.3 Å². The van der Waals surface area contributed by atoms with E-state index in [1.165, 1.54) is 24.6 Å². The second kappa shape index (κ2) is 9.59. The quantitative estimate of drug-likeness (QED) is 0.650. The van der Waals surface area contributed by atoms with E-state index in [0.29, 0.717) is 5.95 Å². The molecule has 2 aliphatic rings. The van der Waals surface area contributed by atoms with E-state index in [0.717, 1.165) is 62.3 Å². The Kier molecular flexibility index (Phi) is 6.45. The number of nitrogens with one attached hydrogen (secondary N) is 2. The van der Waals surface area contributed by atoms with Crippen LogP contribution in [0.25, 0.3) is 6.08 Å². The summed E-state index contributed by atoms with van der Waals surface area (Å²) in [5, 5.41) is 15.5. The third-order valence-electron chi connectivity index (χ3n) is 5.72. The van der Waals surface area contributed by atoms with Crippen molar-refractivity contribution in [1.29, 1.82) is 5.26 Å². The first-order valence-electron chi connectivity index (χ1n) is 10.8. The molecule has 0 amide bonds. The molecule has 1 saturated heterocycles. The summed E-state index contributed by atoms with van der Waals surface area (Å²) in [4.78, 5) is 14.0. The van der Waals surface area contributed by atoms with Gasteiger partial charge in [0.25, 0.3) is 0 Å². The largest absolute Gasteiger partial charge is 0.369 e. The molecular weight excluding hydrogens is 374 g/mol. The summed E-state index contributed by atoms with van der Waals surface area (Å²) in [5.41, 5.74) is 3.03. The van der Waals surface area contributed by atoms with Gasteiger partial charge in [-0.05, 0) is 55.6 Å². The van der Waals surface area contributed by atoms with Crippen LogP contribution in [0.4, 0.5) is 23.1 Å². The monoisotopic (exact) mass is 403 g/mol. The van der Waals surface area contributed by atoms with Crippen molar-refractivity contribution in [1.82, 2.24) is 14.9 Å². The van der Waals surface area contributed by atoms with Crippen LogP contribution in [0.2, 0.25) is 0 Å². The van der Waals surface area contributed by atoms with Gasteiger partial charge >= 0.3 is 0 Å². The Morgan fingerprint density at radius 2 is 1.93 bits per heavy atom. The smallest absolute Gasteiger partial charge is 0.229 e. The van der Waals surface area contributed by atoms with Crippen molar-refractivity contribution >= 4 is 29.2 Å². The van der Waals surface area contributed by atoms with Gasteiger partial charge in [-0.25, -0.2) is 4.98 Å². The van der Waals surface area contributed by atoms with Crippen LogP contribution < -0.4 is 15.5 Å². The Balaban J connectivity index is 1.42. The van der Waals surface area contributed by atoms with Gasteiger partial charge in [-0.2, -0.15) is 10.2 Å². The molecule has 7 heteroatoms. The molecule has 0 spiro atoms. The molecule has 1 aromatic carbocycles. The maximum absolute atomic E-state index is 8.82. The number of nitrogens with zero attached hydrogens (tertiary/aromatic N) is 5. The minimum absolute atomic E-state index is 0.548. The molecular formula is C23H29N7. The summed E-state index contributed by atoms with van der Waals surface area (Å²) in [5.74, 6) is 2.04. The Hall–Kier alpha value is -3.11. The third-order valence-corrected chi connectivity index (χ3v) is 5.72. The van der Waals surface area contributed by atoms with Gasteiger partial charge in [0, 0.05) is 61.9 Å². The van der Waals surface area contributed by atoms with E-state index in [9.17, 15) is 0 Å². The van der Waals surface area contributed by atoms with Gasteiger partial charge in [0.1, 0.15) is 5.82 Å². The first-order chi connectivity index (χ1) is 14.7. The zero-order valence-electron chi connectivity index (χ0n) is 17.5. The lowest BCUT2D eigenvalue weighted by Gasteiger charge is -2.35. The molecule has 1 aromatic heterocycles. The summed E-state index contributed by atoms with van der Waals surface area (Å²) in [6, 6.07) is 10.5. The third kappa shape index (κ3) is 5.28. The van der Waals surface area contributed by atoms with Crippen molar-refractivity contribution in [2.24, 2.45) is 5.92 Å². The van der Waals surface area contributed by atoms with E-state index >= 15 is 0 Å². The van der Waals surface area contributed by atoms with Gasteiger partial charge in [-0.1, -0.05) is 6.92 Å². The van der Waals surface area contributed by atoms with E-state index in [1.807, 2.05) is 6.07 Å². The molecule has 0 unspecified atom stereocenters. The molecule has 1 aliphatic carbocycles. The number of allylic oxidation sites excluding steroid dienone is 1. The normalized spacial score (nSPS) is 17.1. The number of anilines is 4. The van der Waals surface area contributed by atoms with Gasteiger partial charge in [0.15, 0.2) is 0 Å². The van der Waals surface area contributed by atoms with E-state index in [-0.39, 0.29) is 0 Å². The van der Waals surface area contributed by atoms with Crippen LogP contribution in [0.15, 0.2) is 36.5 Å². The van der Waals surface area contributed by atoms with Gasteiger partial charge in [-0.15, -0.1) is 0 Å². The molecule has 30 heavy (non-hydrogen) atoms. The fraction of sp³-hybridized carbons (Fsp3) is 0.435. The highest BCUT2D eigenvalue weighted by molar-refractivity contribution is 5.66. The summed E-state index contributed by atoms with van der Waals surface area (Å²) >= 11 is 0. The van der Waals surface area contributed by atoms with E-state index < -0.39 is 0 Å². The molecule has 156 valence electrons. The molecule has 2 heterocycles. The highest BCUT2D eigenvalue weighted by Crippen LogP contribution is 2.29. The Labute approximate surface area is 178 Å². The lowest BCUT2D eigenvalue weighted by Crippen LogP contribution is -2.46. The summed E-state index contributed by atoms with van der Waals surface area (Å²) < 4.78 is 0. The number of rotatable bonds is 8. The van der Waals surface area contributed by atoms with E-state index in [4.69, 9.17) is 5.26 Å². The van der Waals surface area contributed by atoms with Gasteiger partial charge in [-0.3, -0.25) is 0 Å². The van der Waals surface area contributed by atoms with Crippen molar-refractivity contribution in [3.8, 4) is 6.07 Å². The molecule has 0 radical (unpaired) electrons. The minimum Gasteiger partial charge on any atom is -0.369 e. The van der Waals surface area contributed by atoms with Crippen LogP contribution in [0, 0.1) is 17.2 Å². The van der Waals surface area contributed by atoms with E-state index in [2.05, 4.69) is 61.6 Å². The topological polar surface area (TPSA) is 80.1 Å². The summed E-state index contributed by atoms with van der Waals surface area (Å²) in [6.45, 7) is 8.62. The molecule has 1 saturated carbocycles. The van der Waals surface area contributed by atoms with Crippen molar-refractivity contribution in [3.05, 3.63) is 42.1 Å². The molecule has 2 aromatic rings. The number of piperazine rings is 1.